The first-order valence-electron chi connectivity index (χ1n) is 8.02. The topological polar surface area (TPSA) is 73.4 Å². The lowest BCUT2D eigenvalue weighted by molar-refractivity contribution is 0.0627. The van der Waals surface area contributed by atoms with Crippen molar-refractivity contribution in [3.63, 3.8) is 0 Å². The molecule has 1 fully saturated rings. The molecule has 1 amide bonds. The Morgan fingerprint density at radius 2 is 2.04 bits per heavy atom. The van der Waals surface area contributed by atoms with Gasteiger partial charge in [-0.2, -0.15) is 5.26 Å². The molecule has 124 valence electrons. The predicted molar refractivity (Wildman–Crippen MR) is 88.3 cm³/mol. The van der Waals surface area contributed by atoms with Gasteiger partial charge in [-0.15, -0.1) is 0 Å². The van der Waals surface area contributed by atoms with Crippen molar-refractivity contribution in [1.29, 1.82) is 5.26 Å². The van der Waals surface area contributed by atoms with E-state index in [2.05, 4.69) is 16.1 Å². The summed E-state index contributed by atoms with van der Waals surface area (Å²) in [5.74, 6) is 0.850. The van der Waals surface area contributed by atoms with E-state index in [1.165, 1.54) is 0 Å². The second-order valence-electron chi connectivity index (χ2n) is 6.06. The predicted octanol–water partition coefficient (Wildman–Crippen LogP) is 2.12. The van der Waals surface area contributed by atoms with Gasteiger partial charge in [-0.3, -0.25) is 9.69 Å². The van der Waals surface area contributed by atoms with Crippen molar-refractivity contribution in [3.8, 4) is 6.07 Å². The monoisotopic (exact) mass is 324 g/mol. The van der Waals surface area contributed by atoms with Gasteiger partial charge in [0.15, 0.2) is 0 Å². The fourth-order valence-corrected chi connectivity index (χ4v) is 2.96. The molecular weight excluding hydrogens is 304 g/mol. The molecule has 1 saturated heterocycles. The second kappa shape index (κ2) is 6.85. The Hall–Kier alpha value is -2.65. The van der Waals surface area contributed by atoms with Crippen LogP contribution in [-0.2, 0) is 6.54 Å². The molecule has 1 aromatic heterocycles. The molecule has 1 aliphatic rings. The van der Waals surface area contributed by atoms with Crippen molar-refractivity contribution in [2.75, 3.05) is 26.2 Å². The van der Waals surface area contributed by atoms with Gasteiger partial charge in [-0.05, 0) is 32.0 Å². The summed E-state index contributed by atoms with van der Waals surface area (Å²) in [6.07, 6.45) is 0. The number of hydrogen-bond acceptors (Lipinski definition) is 5. The second-order valence-corrected chi connectivity index (χ2v) is 6.06. The first-order chi connectivity index (χ1) is 11.6. The van der Waals surface area contributed by atoms with Gasteiger partial charge in [0.05, 0.1) is 17.3 Å². The van der Waals surface area contributed by atoms with Crippen molar-refractivity contribution in [1.82, 2.24) is 15.0 Å². The van der Waals surface area contributed by atoms with Crippen LogP contribution in [0.3, 0.4) is 0 Å². The molecule has 1 aliphatic heterocycles. The van der Waals surface area contributed by atoms with Gasteiger partial charge in [0.25, 0.3) is 5.91 Å². The highest BCUT2D eigenvalue weighted by Crippen LogP contribution is 2.17. The van der Waals surface area contributed by atoms with E-state index < -0.39 is 0 Å². The highest BCUT2D eigenvalue weighted by molar-refractivity contribution is 5.94. The molecule has 0 bridgehead atoms. The first-order valence-corrected chi connectivity index (χ1v) is 8.02. The van der Waals surface area contributed by atoms with Crippen molar-refractivity contribution in [3.05, 3.63) is 52.4 Å². The molecular formula is C18H20N4O2. The summed E-state index contributed by atoms with van der Waals surface area (Å²) in [4.78, 5) is 16.7. The number of nitriles is 1. The van der Waals surface area contributed by atoms with Gasteiger partial charge in [-0.25, -0.2) is 0 Å². The molecule has 0 saturated carbocycles. The Balaban J connectivity index is 1.60. The van der Waals surface area contributed by atoms with Gasteiger partial charge >= 0.3 is 0 Å². The van der Waals surface area contributed by atoms with E-state index >= 15 is 0 Å². The number of amides is 1. The van der Waals surface area contributed by atoms with Crippen LogP contribution in [0.25, 0.3) is 0 Å². The zero-order chi connectivity index (χ0) is 17.1. The van der Waals surface area contributed by atoms with E-state index in [9.17, 15) is 4.79 Å². The smallest absolute Gasteiger partial charge is 0.253 e. The number of hydrogen-bond donors (Lipinski definition) is 0. The van der Waals surface area contributed by atoms with Gasteiger partial charge < -0.3 is 9.42 Å². The highest BCUT2D eigenvalue weighted by Gasteiger charge is 2.23. The van der Waals surface area contributed by atoms with E-state index in [0.29, 0.717) is 24.2 Å². The largest absolute Gasteiger partial charge is 0.361 e. The Bertz CT molecular complexity index is 763. The van der Waals surface area contributed by atoms with Gasteiger partial charge in [0.2, 0.25) is 0 Å². The molecule has 6 heteroatoms. The lowest BCUT2D eigenvalue weighted by Crippen LogP contribution is -2.48. The minimum atomic E-state index is -0.0101. The number of rotatable bonds is 3. The van der Waals surface area contributed by atoms with Gasteiger partial charge in [0, 0.05) is 43.9 Å². The molecule has 3 rings (SSSR count). The molecule has 0 atom stereocenters. The Kier molecular flexibility index (Phi) is 4.63. The summed E-state index contributed by atoms with van der Waals surface area (Å²) in [5.41, 5.74) is 3.15. The molecule has 0 spiro atoms. The van der Waals surface area contributed by atoms with E-state index in [0.717, 1.165) is 36.7 Å². The Morgan fingerprint density at radius 1 is 1.29 bits per heavy atom. The standard InChI is InChI=1S/C18H20N4O2/c1-13-17(14(2)24-20-13)12-21-6-8-22(9-7-21)18(23)16-5-3-4-15(10-16)11-19/h3-5,10H,6-9,12H2,1-2H3. The lowest BCUT2D eigenvalue weighted by atomic mass is 10.1. The van der Waals surface area contributed by atoms with Crippen LogP contribution in [0.15, 0.2) is 28.8 Å². The van der Waals surface area contributed by atoms with Crippen LogP contribution in [0.4, 0.5) is 0 Å². The maximum Gasteiger partial charge on any atom is 0.253 e. The van der Waals surface area contributed by atoms with Crippen LogP contribution < -0.4 is 0 Å². The summed E-state index contributed by atoms with van der Waals surface area (Å²) < 4.78 is 5.21. The molecule has 6 nitrogen and oxygen atoms in total. The third kappa shape index (κ3) is 3.31. The average Bonchev–Trinajstić information content (AvgIpc) is 2.94. The lowest BCUT2D eigenvalue weighted by Gasteiger charge is -2.34. The molecule has 2 heterocycles. The normalized spacial score (nSPS) is 15.3. The van der Waals surface area contributed by atoms with Crippen molar-refractivity contribution in [2.24, 2.45) is 0 Å². The fraction of sp³-hybridized carbons (Fsp3) is 0.389. The molecule has 0 N–H and O–H groups in total. The van der Waals surface area contributed by atoms with Crippen molar-refractivity contribution < 1.29 is 9.32 Å². The minimum absolute atomic E-state index is 0.0101. The van der Waals surface area contributed by atoms with Crippen molar-refractivity contribution >= 4 is 5.91 Å². The van der Waals surface area contributed by atoms with Gasteiger partial charge in [-0.1, -0.05) is 11.2 Å². The SMILES string of the molecule is Cc1noc(C)c1CN1CCN(C(=O)c2cccc(C#N)c2)CC1. The summed E-state index contributed by atoms with van der Waals surface area (Å²) in [5, 5.41) is 12.9. The molecule has 24 heavy (non-hydrogen) atoms. The zero-order valence-corrected chi connectivity index (χ0v) is 14.0. The number of carbonyl (C=O) groups excluding carboxylic acids is 1. The van der Waals surface area contributed by atoms with Crippen LogP contribution in [-0.4, -0.2) is 47.0 Å². The van der Waals surface area contributed by atoms with Gasteiger partial charge in [0.1, 0.15) is 5.76 Å². The fourth-order valence-electron chi connectivity index (χ4n) is 2.96. The van der Waals surface area contributed by atoms with E-state index in [4.69, 9.17) is 9.78 Å². The van der Waals surface area contributed by atoms with Crippen LogP contribution in [0.1, 0.15) is 32.9 Å². The number of aryl methyl sites for hydroxylation is 2. The number of piperazine rings is 1. The van der Waals surface area contributed by atoms with Crippen LogP contribution in [0, 0.1) is 25.2 Å². The number of carbonyl (C=O) groups is 1. The third-order valence-electron chi connectivity index (χ3n) is 4.46. The van der Waals surface area contributed by atoms with E-state index in [-0.39, 0.29) is 5.91 Å². The Morgan fingerprint density at radius 3 is 2.67 bits per heavy atom. The first kappa shape index (κ1) is 16.2. The van der Waals surface area contributed by atoms with Crippen LogP contribution in [0.5, 0.6) is 0 Å². The third-order valence-corrected chi connectivity index (χ3v) is 4.46. The van der Waals surface area contributed by atoms with E-state index in [1.54, 1.807) is 24.3 Å². The quantitative estimate of drug-likeness (QED) is 0.864. The summed E-state index contributed by atoms with van der Waals surface area (Å²) in [6, 6.07) is 8.94. The number of aromatic nitrogens is 1. The van der Waals surface area contributed by atoms with Crippen molar-refractivity contribution in [2.45, 2.75) is 20.4 Å². The summed E-state index contributed by atoms with van der Waals surface area (Å²) >= 11 is 0. The maximum absolute atomic E-state index is 12.6. The van der Waals surface area contributed by atoms with Crippen LogP contribution >= 0.6 is 0 Å². The molecule has 1 aromatic carbocycles. The number of benzene rings is 1. The zero-order valence-electron chi connectivity index (χ0n) is 14.0. The minimum Gasteiger partial charge on any atom is -0.361 e. The number of nitrogens with zero attached hydrogens (tertiary/aromatic N) is 4. The maximum atomic E-state index is 12.6. The molecule has 0 unspecified atom stereocenters. The average molecular weight is 324 g/mol. The summed E-state index contributed by atoms with van der Waals surface area (Å²) in [6.45, 7) is 7.66. The molecule has 0 aliphatic carbocycles. The Labute approximate surface area is 141 Å². The van der Waals surface area contributed by atoms with Crippen LogP contribution in [0.2, 0.25) is 0 Å². The summed E-state index contributed by atoms with van der Waals surface area (Å²) in [7, 11) is 0. The molecule has 2 aromatic rings. The molecule has 0 radical (unpaired) electrons. The highest BCUT2D eigenvalue weighted by atomic mass is 16.5. The van der Waals surface area contributed by atoms with E-state index in [1.807, 2.05) is 18.7 Å².